The van der Waals surface area contributed by atoms with E-state index < -0.39 is 18.0 Å². The van der Waals surface area contributed by atoms with Gasteiger partial charge in [0.05, 0.1) is 18.6 Å². The number of ketones is 1. The van der Waals surface area contributed by atoms with Crippen molar-refractivity contribution in [1.82, 2.24) is 10.6 Å². The molecule has 0 aliphatic rings. The molecular formula is C38H44ClN3O5. The summed E-state index contributed by atoms with van der Waals surface area (Å²) in [6.45, 7) is 6.18. The van der Waals surface area contributed by atoms with E-state index in [9.17, 15) is 19.2 Å². The molecule has 0 bridgehead atoms. The van der Waals surface area contributed by atoms with Gasteiger partial charge in [-0.1, -0.05) is 78.9 Å². The first-order valence-corrected chi connectivity index (χ1v) is 15.9. The second kappa shape index (κ2) is 18.6. The molecule has 0 radical (unpaired) electrons. The van der Waals surface area contributed by atoms with Crippen LogP contribution in [0.25, 0.3) is 32.7 Å². The van der Waals surface area contributed by atoms with Gasteiger partial charge in [0.2, 0.25) is 11.8 Å². The number of carbonyl (C=O) groups excluding carboxylic acids is 4. The lowest BCUT2D eigenvalue weighted by Gasteiger charge is -2.23. The minimum absolute atomic E-state index is 0. The number of hydrogen-bond donors (Lipinski definition) is 3. The molecule has 248 valence electrons. The number of ether oxygens (including phenoxy) is 1. The van der Waals surface area contributed by atoms with Crippen molar-refractivity contribution < 1.29 is 42.1 Å². The Morgan fingerprint density at radius 3 is 2.26 bits per heavy atom. The first-order valence-electron chi connectivity index (χ1n) is 15.9. The van der Waals surface area contributed by atoms with Crippen molar-refractivity contribution in [3.05, 3.63) is 97.1 Å². The fourth-order valence-corrected chi connectivity index (χ4v) is 5.96. The normalized spacial score (nSPS) is 12.7. The van der Waals surface area contributed by atoms with E-state index in [1.165, 1.54) is 17.7 Å². The zero-order valence-electron chi connectivity index (χ0n) is 26.9. The van der Waals surface area contributed by atoms with Crippen LogP contribution < -0.4 is 28.8 Å². The number of Topliss-reactive ketones (excluding diaryl/α,β-unsaturated/α-hetero) is 1. The highest BCUT2D eigenvalue weighted by Crippen LogP contribution is 2.35. The van der Waals surface area contributed by atoms with E-state index in [1.54, 1.807) is 6.08 Å². The molecule has 9 heteroatoms. The molecule has 0 aliphatic carbocycles. The predicted molar refractivity (Wildman–Crippen MR) is 182 cm³/mol. The number of benzene rings is 4. The predicted octanol–water partition coefficient (Wildman–Crippen LogP) is 1.93. The molecule has 0 saturated carbocycles. The number of halogens is 1. The van der Waals surface area contributed by atoms with Gasteiger partial charge in [-0.25, -0.2) is 0 Å². The van der Waals surface area contributed by atoms with E-state index in [0.29, 0.717) is 25.7 Å². The summed E-state index contributed by atoms with van der Waals surface area (Å²) in [5.41, 5.74) is 6.96. The van der Waals surface area contributed by atoms with Crippen LogP contribution in [0.2, 0.25) is 0 Å². The van der Waals surface area contributed by atoms with Crippen molar-refractivity contribution in [3.63, 3.8) is 0 Å². The summed E-state index contributed by atoms with van der Waals surface area (Å²) in [4.78, 5) is 49.9. The van der Waals surface area contributed by atoms with Crippen LogP contribution in [0.15, 0.2) is 91.5 Å². The smallest absolute Gasteiger partial charge is 0.293 e. The van der Waals surface area contributed by atoms with Gasteiger partial charge >= 0.3 is 0 Å². The molecule has 4 aromatic carbocycles. The van der Waals surface area contributed by atoms with Crippen LogP contribution in [-0.4, -0.2) is 49.3 Å². The van der Waals surface area contributed by atoms with Gasteiger partial charge < -0.3 is 33.5 Å². The molecule has 0 spiro atoms. The first-order chi connectivity index (χ1) is 22.3. The molecular weight excluding hydrogens is 614 g/mol. The minimum atomic E-state index is -0.782. The average molecular weight is 658 g/mol. The molecule has 4 aromatic rings. The summed E-state index contributed by atoms with van der Waals surface area (Å²) in [7, 11) is 0. The van der Waals surface area contributed by atoms with Crippen molar-refractivity contribution in [1.29, 1.82) is 0 Å². The Morgan fingerprint density at radius 1 is 0.915 bits per heavy atom. The highest BCUT2D eigenvalue weighted by atomic mass is 35.5. The highest BCUT2D eigenvalue weighted by molar-refractivity contribution is 6.13. The first kappa shape index (κ1) is 36.9. The Kier molecular flexibility index (Phi) is 14.6. The van der Waals surface area contributed by atoms with Crippen molar-refractivity contribution in [2.75, 3.05) is 13.2 Å². The summed E-state index contributed by atoms with van der Waals surface area (Å²) in [5.74, 6) is -1.40. The molecule has 0 aromatic heterocycles. The molecule has 0 unspecified atom stereocenters. The maximum absolute atomic E-state index is 13.7. The van der Waals surface area contributed by atoms with Gasteiger partial charge in [0.1, 0.15) is 6.61 Å². The van der Waals surface area contributed by atoms with E-state index in [2.05, 4.69) is 77.5 Å². The van der Waals surface area contributed by atoms with Gasteiger partial charge in [0.25, 0.3) is 6.47 Å². The van der Waals surface area contributed by atoms with Gasteiger partial charge in [0.15, 0.2) is 5.78 Å². The third-order valence-corrected chi connectivity index (χ3v) is 8.27. The topological polar surface area (TPSA) is 129 Å². The van der Waals surface area contributed by atoms with Gasteiger partial charge in [-0.05, 0) is 76.4 Å². The number of rotatable bonds is 18. The van der Waals surface area contributed by atoms with Gasteiger partial charge in [0, 0.05) is 19.3 Å². The number of nitrogens with one attached hydrogen (secondary N) is 2. The van der Waals surface area contributed by atoms with Crippen LogP contribution in [0, 0.1) is 5.92 Å². The number of unbranched alkanes of at least 4 members (excludes halogenated alkanes) is 1. The number of fused-ring (bicyclic) bond motifs is 3. The van der Waals surface area contributed by atoms with Crippen LogP contribution in [0.4, 0.5) is 0 Å². The lowest BCUT2D eigenvalue weighted by Crippen LogP contribution is -3.00. The van der Waals surface area contributed by atoms with Crippen LogP contribution in [0.5, 0.6) is 0 Å². The third kappa shape index (κ3) is 10.2. The Morgan fingerprint density at radius 2 is 1.60 bits per heavy atom. The lowest BCUT2D eigenvalue weighted by atomic mass is 9.89. The fraction of sp³-hybridized carbons (Fsp3) is 0.316. The largest absolute Gasteiger partial charge is 1.00 e. The molecule has 0 heterocycles. The Labute approximate surface area is 282 Å². The summed E-state index contributed by atoms with van der Waals surface area (Å²) >= 11 is 0. The number of carbonyl (C=O) groups is 4. The third-order valence-electron chi connectivity index (χ3n) is 8.27. The summed E-state index contributed by atoms with van der Waals surface area (Å²) < 4.78 is 4.87. The number of amides is 2. The van der Waals surface area contributed by atoms with E-state index in [4.69, 9.17) is 4.74 Å². The second-order valence-electron chi connectivity index (χ2n) is 11.7. The van der Waals surface area contributed by atoms with Gasteiger partial charge in [-0.3, -0.25) is 19.2 Å². The van der Waals surface area contributed by atoms with Crippen molar-refractivity contribution in [3.8, 4) is 11.1 Å². The maximum Gasteiger partial charge on any atom is 0.293 e. The standard InChI is InChI=1S/C38H43N3O5.ClH/c1-3-10-31(24-46-25-42)41-38(45)30(12-8-9-20-39)23-37(44)36(40-26(2)43)21-27-16-18-28(19-17-27)35-22-29-11-4-5-13-32(29)33-14-6-7-15-34(33)35;/h3-7,11,13-19,22,25,30-31,36H,1,8-10,12,20-21,23-24,39H2,2H3,(H,40,43)(H,41,45);1H/t30-,31+,36+;/m1./s1. The number of hydrogen-bond acceptors (Lipinski definition) is 5. The van der Waals surface area contributed by atoms with E-state index in [-0.39, 0.29) is 43.0 Å². The summed E-state index contributed by atoms with van der Waals surface area (Å²) in [6.07, 6.45) is 4.41. The van der Waals surface area contributed by atoms with Crippen molar-refractivity contribution >= 4 is 45.6 Å². The molecule has 4 rings (SSSR count). The van der Waals surface area contributed by atoms with E-state index >= 15 is 0 Å². The Hall–Kier alpha value is -4.53. The quantitative estimate of drug-likeness (QED) is 0.0652. The Balaban J connectivity index is 0.00000600. The van der Waals surface area contributed by atoms with E-state index in [1.807, 2.05) is 24.3 Å². The summed E-state index contributed by atoms with van der Waals surface area (Å²) in [5, 5.41) is 10.5. The molecule has 8 nitrogen and oxygen atoms in total. The van der Waals surface area contributed by atoms with Gasteiger partial charge in [-0.2, -0.15) is 0 Å². The van der Waals surface area contributed by atoms with Crippen LogP contribution >= 0.6 is 0 Å². The molecule has 0 fully saturated rings. The fourth-order valence-electron chi connectivity index (χ4n) is 5.96. The maximum atomic E-state index is 13.7. The summed E-state index contributed by atoms with van der Waals surface area (Å²) in [6, 6.07) is 25.8. The molecule has 0 saturated heterocycles. The molecule has 47 heavy (non-hydrogen) atoms. The van der Waals surface area contributed by atoms with Crippen molar-refractivity contribution in [2.45, 2.75) is 57.5 Å². The molecule has 0 aliphatic heterocycles. The monoisotopic (exact) mass is 657 g/mol. The lowest BCUT2D eigenvalue weighted by molar-refractivity contribution is -0.368. The Bertz CT molecular complexity index is 1670. The second-order valence-corrected chi connectivity index (χ2v) is 11.7. The van der Waals surface area contributed by atoms with E-state index in [0.717, 1.165) is 46.8 Å². The highest BCUT2D eigenvalue weighted by Gasteiger charge is 2.28. The minimum Gasteiger partial charge on any atom is -1.00 e. The SMILES string of the molecule is C=CC[C@@H](COC=O)NC(=O)[C@H](CCCC[NH3+])CC(=O)[C@H](Cc1ccc(-c2cc3ccccc3c3ccccc23)cc1)NC(C)=O.[Cl-]. The number of quaternary nitrogens is 1. The average Bonchev–Trinajstić information content (AvgIpc) is 3.06. The van der Waals surface area contributed by atoms with Gasteiger partial charge in [-0.15, -0.1) is 6.58 Å². The van der Waals surface area contributed by atoms with Crippen LogP contribution in [-0.2, 0) is 30.3 Å². The zero-order chi connectivity index (χ0) is 32.9. The van der Waals surface area contributed by atoms with Crippen molar-refractivity contribution in [2.24, 2.45) is 5.92 Å². The zero-order valence-corrected chi connectivity index (χ0v) is 27.6. The molecule has 2 amide bonds. The molecule has 5 N–H and O–H groups in total. The van der Waals surface area contributed by atoms with Crippen LogP contribution in [0.1, 0.15) is 44.6 Å². The van der Waals surface area contributed by atoms with Crippen LogP contribution in [0.3, 0.4) is 0 Å². The molecule has 3 atom stereocenters.